The van der Waals surface area contributed by atoms with Gasteiger partial charge < -0.3 is 10.4 Å². The highest BCUT2D eigenvalue weighted by Crippen LogP contribution is 2.25. The molecule has 10 heavy (non-hydrogen) atoms. The molecule has 1 aliphatic rings. The lowest BCUT2D eigenvalue weighted by atomic mass is 9.82. The minimum Gasteiger partial charge on any atom is -0.392 e. The lowest BCUT2D eigenvalue weighted by Gasteiger charge is -2.33. The molecule has 0 saturated heterocycles. The van der Waals surface area contributed by atoms with Crippen LogP contribution in [0.2, 0.25) is 0 Å². The summed E-state index contributed by atoms with van der Waals surface area (Å²) >= 11 is 0. The first-order chi connectivity index (χ1) is 4.68. The summed E-state index contributed by atoms with van der Waals surface area (Å²) in [6, 6.07) is 0.685. The summed E-state index contributed by atoms with van der Waals surface area (Å²) in [4.78, 5) is 0. The molecule has 1 fully saturated rings. The lowest BCUT2D eigenvalue weighted by molar-refractivity contribution is 0.162. The smallest absolute Gasteiger partial charge is 0.0636 e. The quantitative estimate of drug-likeness (QED) is 0.611. The van der Waals surface area contributed by atoms with E-state index < -0.39 is 0 Å². The van der Waals surface area contributed by atoms with Crippen LogP contribution in [-0.4, -0.2) is 23.8 Å². The maximum Gasteiger partial charge on any atom is 0.0636 e. The van der Waals surface area contributed by atoms with E-state index in [1.165, 1.54) is 12.8 Å². The molecule has 0 amide bonds. The van der Waals surface area contributed by atoms with E-state index in [1.54, 1.807) is 0 Å². The maximum atomic E-state index is 8.92. The number of nitrogens with one attached hydrogen (secondary N) is 1. The highest BCUT2D eigenvalue weighted by atomic mass is 16.3. The van der Waals surface area contributed by atoms with Gasteiger partial charge in [-0.05, 0) is 25.7 Å². The molecule has 0 heterocycles. The molecule has 0 unspecified atom stereocenters. The average molecular weight is 143 g/mol. The SMILES string of the molecule is CC1CC(NC[C@H](C)O)C1. The highest BCUT2D eigenvalue weighted by molar-refractivity contribution is 4.82. The van der Waals surface area contributed by atoms with Crippen LogP contribution in [0.25, 0.3) is 0 Å². The molecule has 0 aliphatic heterocycles. The maximum absolute atomic E-state index is 8.92. The fourth-order valence-corrected chi connectivity index (χ4v) is 1.41. The Balaban J connectivity index is 1.95. The Bertz CT molecular complexity index is 97.4. The third-order valence-electron chi connectivity index (χ3n) is 2.08. The summed E-state index contributed by atoms with van der Waals surface area (Å²) in [5.74, 6) is 0.895. The molecule has 0 spiro atoms. The molecule has 2 nitrogen and oxygen atoms in total. The second-order valence-corrected chi connectivity index (χ2v) is 3.53. The van der Waals surface area contributed by atoms with Crippen LogP contribution in [0.15, 0.2) is 0 Å². The topological polar surface area (TPSA) is 32.3 Å². The van der Waals surface area contributed by atoms with Crippen molar-refractivity contribution < 1.29 is 5.11 Å². The van der Waals surface area contributed by atoms with Gasteiger partial charge in [0, 0.05) is 12.6 Å². The Morgan fingerprint density at radius 3 is 2.60 bits per heavy atom. The van der Waals surface area contributed by atoms with Gasteiger partial charge in [0.05, 0.1) is 6.10 Å². The third-order valence-corrected chi connectivity index (χ3v) is 2.08. The normalized spacial score (nSPS) is 35.1. The molecule has 1 aliphatic carbocycles. The summed E-state index contributed by atoms with van der Waals surface area (Å²) in [6.45, 7) is 4.83. The standard InChI is InChI=1S/C8H17NO/c1-6-3-8(4-6)9-5-7(2)10/h6-10H,3-5H2,1-2H3/t6?,7-,8?/m0/s1. The van der Waals surface area contributed by atoms with E-state index >= 15 is 0 Å². The molecule has 1 rings (SSSR count). The van der Waals surface area contributed by atoms with Crippen molar-refractivity contribution in [3.63, 3.8) is 0 Å². The van der Waals surface area contributed by atoms with Crippen molar-refractivity contribution in [2.24, 2.45) is 5.92 Å². The number of aliphatic hydroxyl groups excluding tert-OH is 1. The van der Waals surface area contributed by atoms with Gasteiger partial charge in [0.1, 0.15) is 0 Å². The lowest BCUT2D eigenvalue weighted by Crippen LogP contribution is -2.42. The van der Waals surface area contributed by atoms with Crippen molar-refractivity contribution in [3.05, 3.63) is 0 Å². The summed E-state index contributed by atoms with van der Waals surface area (Å²) in [7, 11) is 0. The van der Waals surface area contributed by atoms with Crippen molar-refractivity contribution in [3.8, 4) is 0 Å². The van der Waals surface area contributed by atoms with Gasteiger partial charge in [0.15, 0.2) is 0 Å². The van der Waals surface area contributed by atoms with Gasteiger partial charge in [-0.2, -0.15) is 0 Å². The fourth-order valence-electron chi connectivity index (χ4n) is 1.41. The van der Waals surface area contributed by atoms with Gasteiger partial charge in [-0.25, -0.2) is 0 Å². The number of hydrogen-bond donors (Lipinski definition) is 2. The second-order valence-electron chi connectivity index (χ2n) is 3.53. The monoisotopic (exact) mass is 143 g/mol. The molecule has 60 valence electrons. The average Bonchev–Trinajstić information content (AvgIpc) is 1.77. The molecule has 0 aromatic heterocycles. The van der Waals surface area contributed by atoms with Gasteiger partial charge in [-0.15, -0.1) is 0 Å². The van der Waals surface area contributed by atoms with Crippen LogP contribution in [0, 0.1) is 5.92 Å². The predicted octanol–water partition coefficient (Wildman–Crippen LogP) is 0.755. The van der Waals surface area contributed by atoms with E-state index in [2.05, 4.69) is 12.2 Å². The van der Waals surface area contributed by atoms with E-state index in [0.29, 0.717) is 6.04 Å². The Hall–Kier alpha value is -0.0800. The summed E-state index contributed by atoms with van der Waals surface area (Å²) < 4.78 is 0. The van der Waals surface area contributed by atoms with Crippen molar-refractivity contribution in [2.45, 2.75) is 38.8 Å². The van der Waals surface area contributed by atoms with Crippen LogP contribution in [-0.2, 0) is 0 Å². The third kappa shape index (κ3) is 2.27. The van der Waals surface area contributed by atoms with E-state index in [0.717, 1.165) is 12.5 Å². The molecule has 1 saturated carbocycles. The van der Waals surface area contributed by atoms with Crippen LogP contribution in [0.5, 0.6) is 0 Å². The molecule has 2 N–H and O–H groups in total. The van der Waals surface area contributed by atoms with E-state index in [9.17, 15) is 0 Å². The van der Waals surface area contributed by atoms with Crippen molar-refractivity contribution in [2.75, 3.05) is 6.54 Å². The molecule has 0 radical (unpaired) electrons. The number of rotatable bonds is 3. The van der Waals surface area contributed by atoms with Gasteiger partial charge in [0.25, 0.3) is 0 Å². The minimum absolute atomic E-state index is 0.198. The van der Waals surface area contributed by atoms with Crippen LogP contribution in [0.1, 0.15) is 26.7 Å². The first kappa shape index (κ1) is 8.02. The van der Waals surface area contributed by atoms with E-state index in [4.69, 9.17) is 5.11 Å². The summed E-state index contributed by atoms with van der Waals surface area (Å²) in [6.07, 6.45) is 2.37. The zero-order valence-corrected chi connectivity index (χ0v) is 6.80. The fraction of sp³-hybridized carbons (Fsp3) is 1.00. The molecule has 1 atom stereocenters. The van der Waals surface area contributed by atoms with Gasteiger partial charge in [0.2, 0.25) is 0 Å². The van der Waals surface area contributed by atoms with Crippen molar-refractivity contribution in [1.29, 1.82) is 0 Å². The molecular weight excluding hydrogens is 126 g/mol. The summed E-state index contributed by atoms with van der Waals surface area (Å²) in [5.41, 5.74) is 0. The highest BCUT2D eigenvalue weighted by Gasteiger charge is 2.24. The first-order valence-electron chi connectivity index (χ1n) is 4.10. The van der Waals surface area contributed by atoms with E-state index in [1.807, 2.05) is 6.92 Å². The van der Waals surface area contributed by atoms with Gasteiger partial charge in [-0.3, -0.25) is 0 Å². The first-order valence-corrected chi connectivity index (χ1v) is 4.10. The largest absolute Gasteiger partial charge is 0.392 e. The zero-order valence-electron chi connectivity index (χ0n) is 6.80. The Morgan fingerprint density at radius 1 is 1.60 bits per heavy atom. The van der Waals surface area contributed by atoms with Crippen LogP contribution in [0.4, 0.5) is 0 Å². The van der Waals surface area contributed by atoms with Crippen LogP contribution >= 0.6 is 0 Å². The Labute approximate surface area is 62.6 Å². The van der Waals surface area contributed by atoms with Gasteiger partial charge in [-0.1, -0.05) is 6.92 Å². The Kier molecular flexibility index (Phi) is 2.69. The van der Waals surface area contributed by atoms with Crippen molar-refractivity contribution in [1.82, 2.24) is 5.32 Å². The van der Waals surface area contributed by atoms with Crippen LogP contribution in [0.3, 0.4) is 0 Å². The van der Waals surface area contributed by atoms with E-state index in [-0.39, 0.29) is 6.10 Å². The molecule has 2 heteroatoms. The van der Waals surface area contributed by atoms with Crippen LogP contribution < -0.4 is 5.32 Å². The molecule has 0 bridgehead atoms. The second kappa shape index (κ2) is 3.35. The number of hydrogen-bond acceptors (Lipinski definition) is 2. The molecular formula is C8H17NO. The molecule has 0 aromatic rings. The Morgan fingerprint density at radius 2 is 2.20 bits per heavy atom. The molecule has 0 aromatic carbocycles. The number of aliphatic hydroxyl groups is 1. The zero-order chi connectivity index (χ0) is 7.56. The summed E-state index contributed by atoms with van der Waals surface area (Å²) in [5, 5.41) is 12.2. The minimum atomic E-state index is -0.198. The predicted molar refractivity (Wildman–Crippen MR) is 41.9 cm³/mol. The van der Waals surface area contributed by atoms with Crippen molar-refractivity contribution >= 4 is 0 Å². The van der Waals surface area contributed by atoms with Gasteiger partial charge >= 0.3 is 0 Å².